The molecule has 2 atom stereocenters. The van der Waals surface area contributed by atoms with Gasteiger partial charge < -0.3 is 10.4 Å². The molecule has 0 spiro atoms. The molecule has 2 rings (SSSR count). The summed E-state index contributed by atoms with van der Waals surface area (Å²) in [6.45, 7) is 6.60. The van der Waals surface area contributed by atoms with Gasteiger partial charge in [-0.05, 0) is 38.5 Å². The Balaban J connectivity index is 2.50. The molecule has 2 aromatic rings. The van der Waals surface area contributed by atoms with Gasteiger partial charge in [-0.3, -0.25) is 4.79 Å². The minimum absolute atomic E-state index is 0.152. The van der Waals surface area contributed by atoms with E-state index in [4.69, 9.17) is 0 Å². The normalized spacial score (nSPS) is 13.8. The van der Waals surface area contributed by atoms with Crippen LogP contribution >= 0.6 is 0 Å². The van der Waals surface area contributed by atoms with E-state index in [2.05, 4.69) is 10.4 Å². The molecular formula is C19H22F3N3O3. The number of nitrogens with one attached hydrogen (secondary N) is 1. The molecule has 1 heterocycles. The Morgan fingerprint density at radius 1 is 1.29 bits per heavy atom. The number of nitrogens with zero attached hydrogens (tertiary/aromatic N) is 2. The van der Waals surface area contributed by atoms with Crippen molar-refractivity contribution >= 4 is 11.9 Å². The molecule has 0 bridgehead atoms. The van der Waals surface area contributed by atoms with Gasteiger partial charge in [0.15, 0.2) is 6.04 Å². The molecule has 0 aliphatic heterocycles. The first kappa shape index (κ1) is 21.5. The van der Waals surface area contributed by atoms with Gasteiger partial charge in [-0.15, -0.1) is 0 Å². The van der Waals surface area contributed by atoms with E-state index in [1.165, 1.54) is 16.8 Å². The van der Waals surface area contributed by atoms with Crippen molar-refractivity contribution in [2.75, 3.05) is 0 Å². The van der Waals surface area contributed by atoms with Crippen LogP contribution in [-0.4, -0.2) is 26.8 Å². The molecule has 152 valence electrons. The molecule has 2 N–H and O–H groups in total. The number of halogens is 3. The number of aromatic nitrogens is 2. The maximum atomic E-state index is 13.0. The predicted molar refractivity (Wildman–Crippen MR) is 96.0 cm³/mol. The van der Waals surface area contributed by atoms with E-state index >= 15 is 0 Å². The van der Waals surface area contributed by atoms with Crippen LogP contribution in [-0.2, 0) is 15.8 Å². The van der Waals surface area contributed by atoms with Gasteiger partial charge in [-0.25, -0.2) is 9.48 Å². The van der Waals surface area contributed by atoms with E-state index < -0.39 is 29.7 Å². The number of benzene rings is 1. The summed E-state index contributed by atoms with van der Waals surface area (Å²) in [7, 11) is 0. The number of carbonyl (C=O) groups is 2. The molecule has 0 aliphatic carbocycles. The van der Waals surface area contributed by atoms with Gasteiger partial charge in [0.1, 0.15) is 0 Å². The number of aryl methyl sites for hydroxylation is 1. The number of alkyl halides is 3. The van der Waals surface area contributed by atoms with Crippen molar-refractivity contribution in [3.8, 4) is 5.69 Å². The molecule has 1 aromatic carbocycles. The maximum absolute atomic E-state index is 13.0. The monoisotopic (exact) mass is 397 g/mol. The SMILES string of the molecule is CCC(C)C(=O)NC(C(=O)O)c1c(C)nn(-c2cccc(C(F)(F)F)c2)c1C. The molecule has 9 heteroatoms. The van der Waals surface area contributed by atoms with Crippen molar-refractivity contribution in [1.82, 2.24) is 15.1 Å². The number of rotatable bonds is 6. The highest BCUT2D eigenvalue weighted by atomic mass is 19.4. The summed E-state index contributed by atoms with van der Waals surface area (Å²) in [5.74, 6) is -2.06. The van der Waals surface area contributed by atoms with Crippen molar-refractivity contribution in [1.29, 1.82) is 0 Å². The van der Waals surface area contributed by atoms with E-state index in [0.29, 0.717) is 17.8 Å². The summed E-state index contributed by atoms with van der Waals surface area (Å²) in [5.41, 5.74) is 0.222. The summed E-state index contributed by atoms with van der Waals surface area (Å²) in [4.78, 5) is 24.0. The van der Waals surface area contributed by atoms with Crippen molar-refractivity contribution in [3.05, 3.63) is 46.8 Å². The molecular weight excluding hydrogens is 375 g/mol. The minimum atomic E-state index is -4.51. The van der Waals surface area contributed by atoms with Crippen molar-refractivity contribution < 1.29 is 27.9 Å². The molecule has 28 heavy (non-hydrogen) atoms. The highest BCUT2D eigenvalue weighted by Gasteiger charge is 2.32. The van der Waals surface area contributed by atoms with Gasteiger partial charge in [0.05, 0.1) is 16.9 Å². The van der Waals surface area contributed by atoms with Gasteiger partial charge in [0, 0.05) is 17.2 Å². The molecule has 0 saturated carbocycles. The highest BCUT2D eigenvalue weighted by Crippen LogP contribution is 2.31. The largest absolute Gasteiger partial charge is 0.479 e. The standard InChI is InChI=1S/C19H22F3N3O3/c1-5-10(2)17(26)23-16(18(27)28)15-11(3)24-25(12(15)4)14-8-6-7-13(9-14)19(20,21)22/h6-10,16H,5H2,1-4H3,(H,23,26)(H,27,28). The Morgan fingerprint density at radius 3 is 2.46 bits per heavy atom. The van der Waals surface area contributed by atoms with Crippen LogP contribution in [0.25, 0.3) is 5.69 Å². The quantitative estimate of drug-likeness (QED) is 0.777. The van der Waals surface area contributed by atoms with Gasteiger partial charge >= 0.3 is 12.1 Å². The first-order valence-electron chi connectivity index (χ1n) is 8.74. The molecule has 0 radical (unpaired) electrons. The zero-order chi connectivity index (χ0) is 21.2. The average Bonchev–Trinajstić information content (AvgIpc) is 2.92. The third-order valence-corrected chi connectivity index (χ3v) is 4.65. The summed E-state index contributed by atoms with van der Waals surface area (Å²) in [5, 5.41) is 16.3. The summed E-state index contributed by atoms with van der Waals surface area (Å²) in [6.07, 6.45) is -3.97. The number of amides is 1. The second kappa shape index (κ2) is 8.04. The predicted octanol–water partition coefficient (Wildman–Crippen LogP) is 3.80. The van der Waals surface area contributed by atoms with Gasteiger partial charge in [-0.1, -0.05) is 19.9 Å². The van der Waals surface area contributed by atoms with E-state index in [0.717, 1.165) is 12.1 Å². The Hall–Kier alpha value is -2.84. The van der Waals surface area contributed by atoms with E-state index in [1.54, 1.807) is 20.8 Å². The summed E-state index contributed by atoms with van der Waals surface area (Å²) < 4.78 is 40.3. The van der Waals surface area contributed by atoms with Crippen LogP contribution in [0.3, 0.4) is 0 Å². The second-order valence-corrected chi connectivity index (χ2v) is 6.63. The zero-order valence-electron chi connectivity index (χ0n) is 16.0. The fraction of sp³-hybridized carbons (Fsp3) is 0.421. The lowest BCUT2D eigenvalue weighted by Crippen LogP contribution is -2.37. The minimum Gasteiger partial charge on any atom is -0.479 e. The van der Waals surface area contributed by atoms with Crippen molar-refractivity contribution in [2.24, 2.45) is 5.92 Å². The first-order valence-corrected chi connectivity index (χ1v) is 8.74. The van der Waals surface area contributed by atoms with Crippen LogP contribution in [0.15, 0.2) is 24.3 Å². The van der Waals surface area contributed by atoms with Crippen LogP contribution in [0.4, 0.5) is 13.2 Å². The molecule has 0 saturated heterocycles. The van der Waals surface area contributed by atoms with Crippen LogP contribution in [0.2, 0.25) is 0 Å². The topological polar surface area (TPSA) is 84.2 Å². The fourth-order valence-electron chi connectivity index (χ4n) is 2.87. The molecule has 1 amide bonds. The molecule has 1 aromatic heterocycles. The summed E-state index contributed by atoms with van der Waals surface area (Å²) in [6, 6.07) is 3.25. The van der Waals surface area contributed by atoms with Crippen LogP contribution in [0, 0.1) is 19.8 Å². The number of carboxylic acids is 1. The first-order chi connectivity index (χ1) is 13.0. The number of aliphatic carboxylic acids is 1. The lowest BCUT2D eigenvalue weighted by atomic mass is 10.0. The molecule has 0 fully saturated rings. The smallest absolute Gasteiger partial charge is 0.416 e. The van der Waals surface area contributed by atoms with Gasteiger partial charge in [-0.2, -0.15) is 18.3 Å². The summed E-state index contributed by atoms with van der Waals surface area (Å²) >= 11 is 0. The lowest BCUT2D eigenvalue weighted by Gasteiger charge is -2.18. The van der Waals surface area contributed by atoms with E-state index in [1.807, 2.05) is 6.92 Å². The Morgan fingerprint density at radius 2 is 1.93 bits per heavy atom. The van der Waals surface area contributed by atoms with Crippen LogP contribution in [0.5, 0.6) is 0 Å². The number of hydrogen-bond donors (Lipinski definition) is 2. The molecule has 0 aliphatic rings. The fourth-order valence-corrected chi connectivity index (χ4v) is 2.87. The third kappa shape index (κ3) is 4.35. The Bertz CT molecular complexity index is 890. The number of carbonyl (C=O) groups excluding carboxylic acids is 1. The number of hydrogen-bond acceptors (Lipinski definition) is 3. The van der Waals surface area contributed by atoms with E-state index in [-0.39, 0.29) is 17.2 Å². The van der Waals surface area contributed by atoms with Gasteiger partial charge in [0.2, 0.25) is 5.91 Å². The van der Waals surface area contributed by atoms with Crippen LogP contribution < -0.4 is 5.32 Å². The zero-order valence-corrected chi connectivity index (χ0v) is 16.0. The Labute approximate surface area is 160 Å². The highest BCUT2D eigenvalue weighted by molar-refractivity contribution is 5.86. The average molecular weight is 397 g/mol. The lowest BCUT2D eigenvalue weighted by molar-refractivity contribution is -0.142. The molecule has 6 nitrogen and oxygen atoms in total. The Kier molecular flexibility index (Phi) is 6.16. The second-order valence-electron chi connectivity index (χ2n) is 6.63. The van der Waals surface area contributed by atoms with Gasteiger partial charge in [0.25, 0.3) is 0 Å². The van der Waals surface area contributed by atoms with E-state index in [9.17, 15) is 27.9 Å². The number of carboxylic acid groups (broad SMARTS) is 1. The van der Waals surface area contributed by atoms with Crippen molar-refractivity contribution in [2.45, 2.75) is 46.3 Å². The third-order valence-electron chi connectivity index (χ3n) is 4.65. The maximum Gasteiger partial charge on any atom is 0.416 e. The van der Waals surface area contributed by atoms with Crippen LogP contribution in [0.1, 0.15) is 48.8 Å². The molecule has 2 unspecified atom stereocenters. The van der Waals surface area contributed by atoms with Crippen molar-refractivity contribution in [3.63, 3.8) is 0 Å².